The molecule has 0 unspecified atom stereocenters. The van der Waals surface area contributed by atoms with Gasteiger partial charge in [-0.1, -0.05) is 6.58 Å². The fourth-order valence-electron chi connectivity index (χ4n) is 0.744. The van der Waals surface area contributed by atoms with Gasteiger partial charge >= 0.3 is 0 Å². The molecule has 13 heavy (non-hydrogen) atoms. The third-order valence-corrected chi connectivity index (χ3v) is 1.43. The van der Waals surface area contributed by atoms with Crippen LogP contribution in [0.1, 0.15) is 13.8 Å². The van der Waals surface area contributed by atoms with Gasteiger partial charge in [0.2, 0.25) is 0 Å². The second kappa shape index (κ2) is 6.22. The molecule has 4 heteroatoms. The lowest BCUT2D eigenvalue weighted by Crippen LogP contribution is -2.35. The van der Waals surface area contributed by atoms with Crippen LogP contribution < -0.4 is 5.32 Å². The lowest BCUT2D eigenvalue weighted by Gasteiger charge is -2.18. The average molecular weight is 183 g/mol. The number of carbonyl (C=O) groups is 1. The quantitative estimate of drug-likeness (QED) is 0.294. The molecule has 0 spiro atoms. The maximum Gasteiger partial charge on any atom is 0.184 e. The predicted octanol–water partition coefficient (Wildman–Crippen LogP) is 0.616. The Hall–Kier alpha value is -1.32. The smallest absolute Gasteiger partial charge is 0.184 e. The van der Waals surface area contributed by atoms with E-state index in [9.17, 15) is 4.79 Å². The van der Waals surface area contributed by atoms with E-state index in [1.807, 2.05) is 13.8 Å². The first kappa shape index (κ1) is 11.7. The summed E-state index contributed by atoms with van der Waals surface area (Å²) in [5, 5.41) is 3.01. The van der Waals surface area contributed by atoms with Crippen LogP contribution in [-0.4, -0.2) is 37.3 Å². The lowest BCUT2D eigenvalue weighted by molar-refractivity contribution is -0.103. The number of aldehydes is 1. The van der Waals surface area contributed by atoms with Crippen LogP contribution in [0, 0.1) is 0 Å². The van der Waals surface area contributed by atoms with E-state index >= 15 is 0 Å². The maximum atomic E-state index is 10.6. The second-order valence-electron chi connectivity index (χ2n) is 2.76. The Bertz CT molecular complexity index is 211. The van der Waals surface area contributed by atoms with E-state index in [-0.39, 0.29) is 0 Å². The first-order valence-electron chi connectivity index (χ1n) is 4.22. The molecule has 0 bridgehead atoms. The van der Waals surface area contributed by atoms with E-state index in [0.717, 1.165) is 12.0 Å². The molecule has 0 aromatic heterocycles. The van der Waals surface area contributed by atoms with Crippen LogP contribution in [0.25, 0.3) is 0 Å². The third kappa shape index (κ3) is 5.00. The maximum absolute atomic E-state index is 10.6. The molecule has 0 fully saturated rings. The summed E-state index contributed by atoms with van der Waals surface area (Å²) >= 11 is 0. The van der Waals surface area contributed by atoms with Crippen molar-refractivity contribution in [1.29, 1.82) is 0 Å². The molecule has 0 saturated carbocycles. The van der Waals surface area contributed by atoms with Crippen molar-refractivity contribution in [3.8, 4) is 0 Å². The zero-order valence-electron chi connectivity index (χ0n) is 8.50. The molecule has 0 rings (SSSR count). The van der Waals surface area contributed by atoms with Gasteiger partial charge in [0.25, 0.3) is 0 Å². The molecular weight excluding hydrogens is 166 g/mol. The summed E-state index contributed by atoms with van der Waals surface area (Å²) in [6, 6.07) is 0. The van der Waals surface area contributed by atoms with Crippen molar-refractivity contribution in [2.45, 2.75) is 13.8 Å². The first-order valence-corrected chi connectivity index (χ1v) is 4.22. The van der Waals surface area contributed by atoms with Gasteiger partial charge in [0.15, 0.2) is 12.1 Å². The van der Waals surface area contributed by atoms with Gasteiger partial charge in [0.1, 0.15) is 0 Å². The number of hydrogen-bond donors (Lipinski definition) is 1. The summed E-state index contributed by atoms with van der Waals surface area (Å²) in [6.07, 6.45) is 0.754. The highest BCUT2D eigenvalue weighted by Crippen LogP contribution is 1.86. The minimum absolute atomic E-state index is 0.455. The molecule has 0 aliphatic carbocycles. The highest BCUT2D eigenvalue weighted by molar-refractivity contribution is 6.26. The van der Waals surface area contributed by atoms with Crippen molar-refractivity contribution in [3.05, 3.63) is 12.3 Å². The Morgan fingerprint density at radius 1 is 1.69 bits per heavy atom. The number of nitrogens with one attached hydrogen (secondary N) is 1. The molecule has 0 aliphatic rings. The summed E-state index contributed by atoms with van der Waals surface area (Å²) in [5.41, 5.74) is 0.869. The highest BCUT2D eigenvalue weighted by Gasteiger charge is 2.02. The van der Waals surface area contributed by atoms with Gasteiger partial charge in [-0.3, -0.25) is 9.79 Å². The van der Waals surface area contributed by atoms with Crippen LogP contribution in [-0.2, 0) is 4.79 Å². The Labute approximate surface area is 79.3 Å². The van der Waals surface area contributed by atoms with Gasteiger partial charge in [0, 0.05) is 19.3 Å². The van der Waals surface area contributed by atoms with E-state index in [0.29, 0.717) is 19.0 Å². The van der Waals surface area contributed by atoms with Gasteiger partial charge in [-0.2, -0.15) is 0 Å². The Kier molecular flexibility index (Phi) is 5.59. The minimum Gasteiger partial charge on any atom is -0.372 e. The van der Waals surface area contributed by atoms with Gasteiger partial charge in [-0.25, -0.2) is 0 Å². The fraction of sp³-hybridized carbons (Fsp3) is 0.556. The van der Waals surface area contributed by atoms with Gasteiger partial charge < -0.3 is 10.2 Å². The molecule has 0 amide bonds. The molecule has 0 aromatic rings. The van der Waals surface area contributed by atoms with E-state index < -0.39 is 0 Å². The van der Waals surface area contributed by atoms with Gasteiger partial charge in [0.05, 0.1) is 6.67 Å². The first-order chi connectivity index (χ1) is 6.11. The number of amidine groups is 1. The molecule has 0 radical (unpaired) electrons. The number of likely N-dealkylation sites (N-methyl/N-ethyl adjacent to an activating group) is 1. The standard InChI is InChI=1S/C9H17N3O/c1-5-10-9(6-13)12(4)7-11-8(2)3/h6,11H,2,5,7H2,1,3-4H3. The number of aliphatic imine (C=N–C) groups is 1. The van der Waals surface area contributed by atoms with Crippen LogP contribution >= 0.6 is 0 Å². The van der Waals surface area contributed by atoms with Gasteiger partial charge in [-0.15, -0.1) is 0 Å². The van der Waals surface area contributed by atoms with E-state index in [4.69, 9.17) is 0 Å². The van der Waals surface area contributed by atoms with Crippen molar-refractivity contribution in [1.82, 2.24) is 10.2 Å². The SMILES string of the molecule is C=C(C)NCN(C)C(C=O)=NCC. The van der Waals surface area contributed by atoms with E-state index in [1.54, 1.807) is 11.9 Å². The molecular formula is C9H17N3O. The van der Waals surface area contributed by atoms with Crippen LogP contribution in [0.5, 0.6) is 0 Å². The van der Waals surface area contributed by atoms with Crippen molar-refractivity contribution in [2.75, 3.05) is 20.3 Å². The molecule has 0 saturated heterocycles. The van der Waals surface area contributed by atoms with Crippen LogP contribution in [0.15, 0.2) is 17.3 Å². The summed E-state index contributed by atoms with van der Waals surface area (Å²) in [5.74, 6) is 0.455. The molecule has 4 nitrogen and oxygen atoms in total. The van der Waals surface area contributed by atoms with Crippen LogP contribution in [0.2, 0.25) is 0 Å². The summed E-state index contributed by atoms with van der Waals surface area (Å²) in [4.78, 5) is 16.3. The molecule has 0 heterocycles. The Morgan fingerprint density at radius 3 is 2.69 bits per heavy atom. The highest BCUT2D eigenvalue weighted by atomic mass is 16.1. The molecule has 0 aliphatic heterocycles. The zero-order chi connectivity index (χ0) is 10.3. The topological polar surface area (TPSA) is 44.7 Å². The molecule has 74 valence electrons. The minimum atomic E-state index is 0.455. The Morgan fingerprint density at radius 2 is 2.31 bits per heavy atom. The normalized spacial score (nSPS) is 10.8. The van der Waals surface area contributed by atoms with Crippen molar-refractivity contribution in [3.63, 3.8) is 0 Å². The fourth-order valence-corrected chi connectivity index (χ4v) is 0.744. The van der Waals surface area contributed by atoms with E-state index in [2.05, 4.69) is 16.9 Å². The lowest BCUT2D eigenvalue weighted by atomic mass is 10.5. The third-order valence-electron chi connectivity index (χ3n) is 1.43. The van der Waals surface area contributed by atoms with Crippen LogP contribution in [0.3, 0.4) is 0 Å². The van der Waals surface area contributed by atoms with E-state index in [1.165, 1.54) is 0 Å². The summed E-state index contributed by atoms with van der Waals surface area (Å²) in [7, 11) is 1.80. The molecule has 1 N–H and O–H groups in total. The predicted molar refractivity (Wildman–Crippen MR) is 54.6 cm³/mol. The number of carbonyl (C=O) groups excluding carboxylic acids is 1. The summed E-state index contributed by atoms with van der Waals surface area (Å²) in [6.45, 7) is 8.62. The molecule has 0 atom stereocenters. The number of allylic oxidation sites excluding steroid dienone is 1. The largest absolute Gasteiger partial charge is 0.372 e. The molecule has 0 aromatic carbocycles. The van der Waals surface area contributed by atoms with Crippen molar-refractivity contribution in [2.24, 2.45) is 4.99 Å². The second-order valence-corrected chi connectivity index (χ2v) is 2.76. The zero-order valence-corrected chi connectivity index (χ0v) is 8.50. The number of hydrogen-bond acceptors (Lipinski definition) is 3. The van der Waals surface area contributed by atoms with Crippen molar-refractivity contribution >= 4 is 12.1 Å². The summed E-state index contributed by atoms with van der Waals surface area (Å²) < 4.78 is 0. The number of rotatable bonds is 5. The number of nitrogens with zero attached hydrogens (tertiary/aromatic N) is 2. The average Bonchev–Trinajstić information content (AvgIpc) is 2.10. The van der Waals surface area contributed by atoms with Crippen molar-refractivity contribution < 1.29 is 4.79 Å². The van der Waals surface area contributed by atoms with Gasteiger partial charge in [-0.05, 0) is 13.8 Å². The van der Waals surface area contributed by atoms with Crippen LogP contribution in [0.4, 0.5) is 0 Å². The monoisotopic (exact) mass is 183 g/mol. The Balaban J connectivity index is 4.06.